The summed E-state index contributed by atoms with van der Waals surface area (Å²) in [6.07, 6.45) is 2.86. The van der Waals surface area contributed by atoms with Crippen molar-refractivity contribution in [3.63, 3.8) is 0 Å². The Labute approximate surface area is 145 Å². The molecule has 0 saturated carbocycles. The normalized spacial score (nSPS) is 19.0. The van der Waals surface area contributed by atoms with E-state index in [2.05, 4.69) is 4.98 Å². The molecule has 1 fully saturated rings. The Bertz CT molecular complexity index is 737. The lowest BCUT2D eigenvalue weighted by molar-refractivity contribution is -0.133. The van der Waals surface area contributed by atoms with Crippen LogP contribution in [0.25, 0.3) is 0 Å². The van der Waals surface area contributed by atoms with Crippen LogP contribution in [0.2, 0.25) is 0 Å². The number of rotatable bonds is 5. The summed E-state index contributed by atoms with van der Waals surface area (Å²) >= 11 is 0. The molecule has 0 aliphatic carbocycles. The van der Waals surface area contributed by atoms with Gasteiger partial charge in [0, 0.05) is 12.6 Å². The minimum Gasteiger partial charge on any atom is -0.490 e. The SMILES string of the molecule is Cc1ccccc1CC(=O)N1CC(F)(F)C[C@H]1COc1cccnc1. The Kier molecular flexibility index (Phi) is 4.97. The van der Waals surface area contributed by atoms with Gasteiger partial charge in [-0.05, 0) is 30.2 Å². The summed E-state index contributed by atoms with van der Waals surface area (Å²) < 4.78 is 33.3. The molecule has 0 spiro atoms. The second-order valence-corrected chi connectivity index (χ2v) is 6.34. The summed E-state index contributed by atoms with van der Waals surface area (Å²) in [6, 6.07) is 10.3. The zero-order valence-electron chi connectivity index (χ0n) is 14.0. The molecule has 0 unspecified atom stereocenters. The number of likely N-dealkylation sites (tertiary alicyclic amines) is 1. The maximum atomic E-state index is 13.9. The molecule has 25 heavy (non-hydrogen) atoms. The van der Waals surface area contributed by atoms with Crippen molar-refractivity contribution < 1.29 is 18.3 Å². The highest BCUT2D eigenvalue weighted by Crippen LogP contribution is 2.33. The Morgan fingerprint density at radius 3 is 2.84 bits per heavy atom. The zero-order valence-corrected chi connectivity index (χ0v) is 14.0. The zero-order chi connectivity index (χ0) is 17.9. The van der Waals surface area contributed by atoms with Crippen LogP contribution in [-0.4, -0.2) is 40.9 Å². The van der Waals surface area contributed by atoms with E-state index in [1.165, 1.54) is 11.1 Å². The number of nitrogens with zero attached hydrogens (tertiary/aromatic N) is 2. The molecule has 1 aromatic carbocycles. The molecule has 1 amide bonds. The standard InChI is InChI=1S/C19H20F2N2O2/c1-14-5-2-3-6-15(14)9-18(24)23-13-19(20,21)10-16(23)12-25-17-7-4-8-22-11-17/h2-8,11,16H,9-10,12-13H2,1H3/t16-/m0/s1. The van der Waals surface area contributed by atoms with Crippen LogP contribution in [0.3, 0.4) is 0 Å². The monoisotopic (exact) mass is 346 g/mol. The highest BCUT2D eigenvalue weighted by molar-refractivity contribution is 5.80. The molecule has 2 aromatic rings. The molecule has 3 rings (SSSR count). The van der Waals surface area contributed by atoms with Crippen molar-refractivity contribution in [3.8, 4) is 5.75 Å². The van der Waals surface area contributed by atoms with Gasteiger partial charge >= 0.3 is 0 Å². The van der Waals surface area contributed by atoms with Crippen molar-refractivity contribution in [3.05, 3.63) is 59.9 Å². The van der Waals surface area contributed by atoms with Crippen molar-refractivity contribution in [2.24, 2.45) is 0 Å². The molecule has 1 aliphatic heterocycles. The van der Waals surface area contributed by atoms with Gasteiger partial charge in [0.25, 0.3) is 5.92 Å². The number of aryl methyl sites for hydroxylation is 1. The van der Waals surface area contributed by atoms with Gasteiger partial charge in [0.15, 0.2) is 0 Å². The van der Waals surface area contributed by atoms with E-state index in [1.807, 2.05) is 31.2 Å². The summed E-state index contributed by atoms with van der Waals surface area (Å²) in [5.41, 5.74) is 1.83. The van der Waals surface area contributed by atoms with Gasteiger partial charge < -0.3 is 9.64 Å². The number of hydrogen-bond donors (Lipinski definition) is 0. The maximum Gasteiger partial charge on any atom is 0.267 e. The number of ether oxygens (including phenoxy) is 1. The first-order chi connectivity index (χ1) is 11.9. The molecular weight excluding hydrogens is 326 g/mol. The van der Waals surface area contributed by atoms with E-state index in [-0.39, 0.29) is 25.4 Å². The Hall–Kier alpha value is -2.50. The van der Waals surface area contributed by atoms with Gasteiger partial charge in [0.1, 0.15) is 12.4 Å². The number of aromatic nitrogens is 1. The number of benzene rings is 1. The van der Waals surface area contributed by atoms with E-state index in [9.17, 15) is 13.6 Å². The molecule has 0 N–H and O–H groups in total. The van der Waals surface area contributed by atoms with Crippen molar-refractivity contribution in [2.45, 2.75) is 31.7 Å². The number of pyridine rings is 1. The first kappa shape index (κ1) is 17.3. The average molecular weight is 346 g/mol. The van der Waals surface area contributed by atoms with Crippen molar-refractivity contribution >= 4 is 5.91 Å². The van der Waals surface area contributed by atoms with Gasteiger partial charge in [-0.1, -0.05) is 24.3 Å². The molecule has 1 saturated heterocycles. The second-order valence-electron chi connectivity index (χ2n) is 6.34. The van der Waals surface area contributed by atoms with Crippen LogP contribution in [-0.2, 0) is 11.2 Å². The Balaban J connectivity index is 1.68. The van der Waals surface area contributed by atoms with Crippen LogP contribution in [0, 0.1) is 6.92 Å². The molecule has 1 aromatic heterocycles. The smallest absolute Gasteiger partial charge is 0.267 e. The Morgan fingerprint density at radius 1 is 1.32 bits per heavy atom. The maximum absolute atomic E-state index is 13.9. The second kappa shape index (κ2) is 7.17. The molecule has 1 aliphatic rings. The lowest BCUT2D eigenvalue weighted by atomic mass is 10.1. The van der Waals surface area contributed by atoms with Gasteiger partial charge in [0.2, 0.25) is 5.91 Å². The Morgan fingerprint density at radius 2 is 2.12 bits per heavy atom. The van der Waals surface area contributed by atoms with Gasteiger partial charge in [0.05, 0.1) is 25.2 Å². The topological polar surface area (TPSA) is 42.4 Å². The van der Waals surface area contributed by atoms with Crippen LogP contribution in [0.4, 0.5) is 8.78 Å². The predicted octanol–water partition coefficient (Wildman–Crippen LogP) is 3.25. The molecule has 6 heteroatoms. The minimum absolute atomic E-state index is 0.0286. The molecule has 0 radical (unpaired) electrons. The van der Waals surface area contributed by atoms with Gasteiger partial charge in [-0.25, -0.2) is 8.78 Å². The predicted molar refractivity (Wildman–Crippen MR) is 89.7 cm³/mol. The largest absolute Gasteiger partial charge is 0.490 e. The highest BCUT2D eigenvalue weighted by atomic mass is 19.3. The number of carbonyl (C=O) groups excluding carboxylic acids is 1. The molecular formula is C19H20F2N2O2. The van der Waals surface area contributed by atoms with Crippen molar-refractivity contribution in [1.82, 2.24) is 9.88 Å². The van der Waals surface area contributed by atoms with Gasteiger partial charge in [-0.3, -0.25) is 9.78 Å². The lowest BCUT2D eigenvalue weighted by Gasteiger charge is -2.24. The van der Waals surface area contributed by atoms with Crippen molar-refractivity contribution in [2.75, 3.05) is 13.2 Å². The van der Waals surface area contributed by atoms with Crippen LogP contribution < -0.4 is 4.74 Å². The molecule has 4 nitrogen and oxygen atoms in total. The summed E-state index contributed by atoms with van der Waals surface area (Å²) in [5.74, 6) is -2.68. The average Bonchev–Trinajstić information content (AvgIpc) is 2.91. The lowest BCUT2D eigenvalue weighted by Crippen LogP contribution is -2.40. The van der Waals surface area contributed by atoms with Crippen LogP contribution >= 0.6 is 0 Å². The van der Waals surface area contributed by atoms with Crippen molar-refractivity contribution in [1.29, 1.82) is 0 Å². The third kappa shape index (κ3) is 4.32. The third-order valence-corrected chi connectivity index (χ3v) is 4.38. The van der Waals surface area contributed by atoms with Crippen LogP contribution in [0.15, 0.2) is 48.8 Å². The molecule has 1 atom stereocenters. The summed E-state index contributed by atoms with van der Waals surface area (Å²) in [7, 11) is 0. The summed E-state index contributed by atoms with van der Waals surface area (Å²) in [6.45, 7) is 1.38. The molecule has 132 valence electrons. The number of halogens is 2. The van der Waals surface area contributed by atoms with E-state index < -0.39 is 18.5 Å². The minimum atomic E-state index is -2.88. The fourth-order valence-electron chi connectivity index (χ4n) is 3.04. The fraction of sp³-hybridized carbons (Fsp3) is 0.368. The van der Waals surface area contributed by atoms with E-state index in [0.717, 1.165) is 11.1 Å². The quantitative estimate of drug-likeness (QED) is 0.835. The van der Waals surface area contributed by atoms with Crippen LogP contribution in [0.1, 0.15) is 17.5 Å². The number of hydrogen-bond acceptors (Lipinski definition) is 3. The first-order valence-electron chi connectivity index (χ1n) is 8.19. The van der Waals surface area contributed by atoms with Gasteiger partial charge in [-0.2, -0.15) is 0 Å². The van der Waals surface area contributed by atoms with E-state index in [4.69, 9.17) is 4.74 Å². The van der Waals surface area contributed by atoms with E-state index in [1.54, 1.807) is 18.3 Å². The van der Waals surface area contributed by atoms with Gasteiger partial charge in [-0.15, -0.1) is 0 Å². The fourth-order valence-corrected chi connectivity index (χ4v) is 3.04. The first-order valence-corrected chi connectivity index (χ1v) is 8.19. The number of carbonyl (C=O) groups is 1. The molecule has 0 bridgehead atoms. The summed E-state index contributed by atoms with van der Waals surface area (Å²) in [5, 5.41) is 0. The number of amides is 1. The third-order valence-electron chi connectivity index (χ3n) is 4.38. The van der Waals surface area contributed by atoms with E-state index >= 15 is 0 Å². The molecule has 2 heterocycles. The summed E-state index contributed by atoms with van der Waals surface area (Å²) in [4.78, 5) is 17.8. The number of alkyl halides is 2. The van der Waals surface area contributed by atoms with E-state index in [0.29, 0.717) is 5.75 Å². The highest BCUT2D eigenvalue weighted by Gasteiger charge is 2.47. The van der Waals surface area contributed by atoms with Crippen LogP contribution in [0.5, 0.6) is 5.75 Å².